The van der Waals surface area contributed by atoms with Crippen molar-refractivity contribution in [2.24, 2.45) is 0 Å². The number of benzene rings is 2. The van der Waals surface area contributed by atoms with Crippen LogP contribution in [0.5, 0.6) is 0 Å². The first-order valence-electron chi connectivity index (χ1n) is 8.25. The maximum absolute atomic E-state index is 12.1. The van der Waals surface area contributed by atoms with Crippen molar-refractivity contribution >= 4 is 23.9 Å². The minimum absolute atomic E-state index is 0.0938. The normalized spacial score (nSPS) is 18.7. The van der Waals surface area contributed by atoms with Gasteiger partial charge in [0.1, 0.15) is 0 Å². The Bertz CT molecular complexity index is 774. The van der Waals surface area contributed by atoms with E-state index in [1.165, 1.54) is 0 Å². The molecule has 0 saturated carbocycles. The van der Waals surface area contributed by atoms with Gasteiger partial charge in [0.25, 0.3) is 0 Å². The Morgan fingerprint density at radius 2 is 1.07 bits per heavy atom. The molecule has 1 aliphatic heterocycles. The van der Waals surface area contributed by atoms with E-state index in [1.807, 2.05) is 0 Å². The van der Waals surface area contributed by atoms with Gasteiger partial charge in [-0.15, -0.1) is 0 Å². The van der Waals surface area contributed by atoms with E-state index in [-0.39, 0.29) is 12.8 Å². The Morgan fingerprint density at radius 3 is 1.44 bits per heavy atom. The fourth-order valence-electron chi connectivity index (χ4n) is 2.57. The smallest absolute Gasteiger partial charge is 0.359 e. The second-order valence-electron chi connectivity index (χ2n) is 5.89. The molecule has 3 rings (SSSR count). The molecular weight excluding hydrogens is 352 g/mol. The highest BCUT2D eigenvalue weighted by molar-refractivity contribution is 6.01. The zero-order valence-corrected chi connectivity index (χ0v) is 14.2. The third kappa shape index (κ3) is 4.78. The quantitative estimate of drug-likeness (QED) is 0.432. The zero-order valence-electron chi connectivity index (χ0n) is 14.2. The van der Waals surface area contributed by atoms with Crippen molar-refractivity contribution in [3.63, 3.8) is 0 Å². The Hall–Kier alpha value is -3.48. The van der Waals surface area contributed by atoms with Crippen LogP contribution in [0.3, 0.4) is 0 Å². The molecule has 1 fully saturated rings. The third-order valence-electron chi connectivity index (χ3n) is 3.84. The number of carbonyl (C=O) groups excluding carboxylic acids is 4. The Balaban J connectivity index is 1.62. The van der Waals surface area contributed by atoms with E-state index in [4.69, 9.17) is 9.47 Å². The molecule has 7 nitrogen and oxygen atoms in total. The van der Waals surface area contributed by atoms with Gasteiger partial charge in [-0.25, -0.2) is 9.59 Å². The molecule has 2 aromatic rings. The summed E-state index contributed by atoms with van der Waals surface area (Å²) in [7, 11) is 0. The van der Waals surface area contributed by atoms with Crippen LogP contribution in [0.1, 0.15) is 11.1 Å². The maximum Gasteiger partial charge on any atom is 0.359 e. The van der Waals surface area contributed by atoms with Crippen LogP contribution in [0.15, 0.2) is 60.7 Å². The third-order valence-corrected chi connectivity index (χ3v) is 3.84. The van der Waals surface area contributed by atoms with Crippen molar-refractivity contribution in [3.8, 4) is 0 Å². The minimum Gasteiger partial charge on any atom is -0.445 e. The fraction of sp³-hybridized carbons (Fsp3) is 0.200. The summed E-state index contributed by atoms with van der Waals surface area (Å²) in [5.74, 6) is -3.58. The van der Waals surface area contributed by atoms with Crippen molar-refractivity contribution in [1.82, 2.24) is 0 Å². The topological polar surface area (TPSA) is 96.0 Å². The molecule has 0 aliphatic carbocycles. The first kappa shape index (κ1) is 18.3. The van der Waals surface area contributed by atoms with Crippen LogP contribution in [-0.2, 0) is 46.2 Å². The van der Waals surface area contributed by atoms with Crippen molar-refractivity contribution in [1.29, 1.82) is 0 Å². The largest absolute Gasteiger partial charge is 0.445 e. The lowest BCUT2D eigenvalue weighted by Crippen LogP contribution is -2.38. The summed E-state index contributed by atoms with van der Waals surface area (Å²) in [6.07, 6.45) is -3.39. The van der Waals surface area contributed by atoms with Crippen LogP contribution in [0.25, 0.3) is 0 Å². The van der Waals surface area contributed by atoms with E-state index in [0.717, 1.165) is 0 Å². The molecular formula is C20H16O7. The summed E-state index contributed by atoms with van der Waals surface area (Å²) in [4.78, 5) is 47.7. The summed E-state index contributed by atoms with van der Waals surface area (Å²) in [5, 5.41) is 0. The number of rotatable bonds is 6. The van der Waals surface area contributed by atoms with E-state index < -0.39 is 36.1 Å². The van der Waals surface area contributed by atoms with Gasteiger partial charge in [-0.1, -0.05) is 60.7 Å². The number of hydrogen-bond acceptors (Lipinski definition) is 7. The molecule has 0 radical (unpaired) electrons. The summed E-state index contributed by atoms with van der Waals surface area (Å²) < 4.78 is 14.6. The average molecular weight is 368 g/mol. The van der Waals surface area contributed by atoms with E-state index >= 15 is 0 Å². The van der Waals surface area contributed by atoms with Crippen molar-refractivity contribution in [2.75, 3.05) is 0 Å². The van der Waals surface area contributed by atoms with Gasteiger partial charge >= 0.3 is 23.9 Å². The van der Waals surface area contributed by atoms with Gasteiger partial charge in [-0.3, -0.25) is 9.59 Å². The standard InChI is InChI=1S/C20H16O7/c21-15(11-13-7-3-1-4-8-13)25-17-18(20(24)27-19(17)23)26-16(22)12-14-9-5-2-6-10-14/h1-10,17-18H,11-12H2/t17-,18-/m1/s1. The van der Waals surface area contributed by atoms with Crippen LogP contribution >= 0.6 is 0 Å². The molecule has 0 unspecified atom stereocenters. The molecule has 1 aliphatic rings. The van der Waals surface area contributed by atoms with Crippen molar-refractivity contribution in [3.05, 3.63) is 71.8 Å². The van der Waals surface area contributed by atoms with E-state index in [0.29, 0.717) is 11.1 Å². The Kier molecular flexibility index (Phi) is 5.61. The van der Waals surface area contributed by atoms with Gasteiger partial charge in [-0.05, 0) is 11.1 Å². The van der Waals surface area contributed by atoms with Gasteiger partial charge in [0.2, 0.25) is 12.2 Å². The first-order valence-corrected chi connectivity index (χ1v) is 8.25. The molecule has 0 bridgehead atoms. The van der Waals surface area contributed by atoms with Gasteiger partial charge in [0.05, 0.1) is 12.8 Å². The molecule has 1 saturated heterocycles. The highest BCUT2D eigenvalue weighted by atomic mass is 16.7. The maximum atomic E-state index is 12.1. The molecule has 0 N–H and O–H groups in total. The average Bonchev–Trinajstić information content (AvgIpc) is 2.90. The lowest BCUT2D eigenvalue weighted by molar-refractivity contribution is -0.169. The number of esters is 4. The summed E-state index contributed by atoms with van der Waals surface area (Å²) in [6.45, 7) is 0. The molecule has 7 heteroatoms. The summed E-state index contributed by atoms with van der Waals surface area (Å²) >= 11 is 0. The van der Waals surface area contributed by atoms with E-state index in [1.54, 1.807) is 60.7 Å². The van der Waals surface area contributed by atoms with Gasteiger partial charge < -0.3 is 14.2 Å². The van der Waals surface area contributed by atoms with E-state index in [9.17, 15) is 19.2 Å². The highest BCUT2D eigenvalue weighted by Crippen LogP contribution is 2.19. The van der Waals surface area contributed by atoms with Crippen LogP contribution in [0, 0.1) is 0 Å². The number of cyclic esters (lactones) is 2. The molecule has 2 atom stereocenters. The molecule has 1 heterocycles. The highest BCUT2D eigenvalue weighted by Gasteiger charge is 2.50. The number of carbonyl (C=O) groups is 4. The molecule has 2 aromatic carbocycles. The second kappa shape index (κ2) is 8.27. The zero-order chi connectivity index (χ0) is 19.2. The number of hydrogen-bond donors (Lipinski definition) is 0. The molecule has 0 aromatic heterocycles. The monoisotopic (exact) mass is 368 g/mol. The van der Waals surface area contributed by atoms with Crippen LogP contribution in [0.2, 0.25) is 0 Å². The molecule has 27 heavy (non-hydrogen) atoms. The van der Waals surface area contributed by atoms with Gasteiger partial charge in [0, 0.05) is 0 Å². The first-order chi connectivity index (χ1) is 13.0. The fourth-order valence-corrected chi connectivity index (χ4v) is 2.57. The van der Waals surface area contributed by atoms with Gasteiger partial charge in [-0.2, -0.15) is 0 Å². The molecule has 138 valence electrons. The van der Waals surface area contributed by atoms with Crippen molar-refractivity contribution in [2.45, 2.75) is 25.0 Å². The lowest BCUT2D eigenvalue weighted by Gasteiger charge is -2.15. The van der Waals surface area contributed by atoms with Gasteiger partial charge in [0.15, 0.2) is 0 Å². The lowest BCUT2D eigenvalue weighted by atomic mass is 10.1. The Labute approximate surface area is 154 Å². The SMILES string of the molecule is O=C(Cc1ccccc1)O[C@H]1C(=O)OC(=O)[C@@H]1OC(=O)Cc1ccccc1. The summed E-state index contributed by atoms with van der Waals surface area (Å²) in [5.41, 5.74) is 1.36. The van der Waals surface area contributed by atoms with Crippen LogP contribution < -0.4 is 0 Å². The van der Waals surface area contributed by atoms with E-state index in [2.05, 4.69) is 4.74 Å². The second-order valence-corrected chi connectivity index (χ2v) is 5.89. The minimum atomic E-state index is -1.60. The summed E-state index contributed by atoms with van der Waals surface area (Å²) in [6, 6.07) is 17.5. The van der Waals surface area contributed by atoms with Crippen LogP contribution in [0.4, 0.5) is 0 Å². The molecule has 0 spiro atoms. The van der Waals surface area contributed by atoms with Crippen molar-refractivity contribution < 1.29 is 33.4 Å². The molecule has 0 amide bonds. The predicted octanol–water partition coefficient (Wildman–Crippen LogP) is 1.38. The number of ether oxygens (including phenoxy) is 3. The predicted molar refractivity (Wildman–Crippen MR) is 91.2 cm³/mol. The Morgan fingerprint density at radius 1 is 0.704 bits per heavy atom. The van der Waals surface area contributed by atoms with Crippen LogP contribution in [-0.4, -0.2) is 36.1 Å².